The molecule has 0 bridgehead atoms. The number of hydrogen-bond donors (Lipinski definition) is 0. The van der Waals surface area contributed by atoms with Crippen LogP contribution in [0.2, 0.25) is 0 Å². The van der Waals surface area contributed by atoms with Gasteiger partial charge in [-0.05, 0) is 57.8 Å². The summed E-state index contributed by atoms with van der Waals surface area (Å²) in [4.78, 5) is 0. The highest BCUT2D eigenvalue weighted by Gasteiger charge is 2.21. The Kier molecular flexibility index (Phi) is 5.35. The van der Waals surface area contributed by atoms with Gasteiger partial charge < -0.3 is 0 Å². The Hall–Kier alpha value is -0.660. The molecule has 1 aliphatic rings. The fraction of sp³-hybridized carbons (Fsp3) is 0.733. The maximum atomic E-state index is 12.7. The lowest BCUT2D eigenvalue weighted by molar-refractivity contribution is 0.0131. The molecule has 0 nitrogen and oxygen atoms in total. The summed E-state index contributed by atoms with van der Waals surface area (Å²) in [6.45, 7) is 8.92. The Balaban J connectivity index is 2.17. The quantitative estimate of drug-likeness (QED) is 0.539. The van der Waals surface area contributed by atoms with Crippen molar-refractivity contribution in [2.45, 2.75) is 64.2 Å². The van der Waals surface area contributed by atoms with E-state index < -0.39 is 5.92 Å². The predicted molar refractivity (Wildman–Crippen MR) is 69.3 cm³/mol. The fourth-order valence-corrected chi connectivity index (χ4v) is 2.43. The van der Waals surface area contributed by atoms with Gasteiger partial charge in [-0.25, -0.2) is 8.78 Å². The van der Waals surface area contributed by atoms with Crippen LogP contribution in [0.15, 0.2) is 24.3 Å². The second kappa shape index (κ2) is 6.32. The first-order valence-corrected chi connectivity index (χ1v) is 6.58. The second-order valence-corrected chi connectivity index (χ2v) is 5.57. The number of rotatable bonds is 6. The standard InChI is InChI=1S/C15H24F2/c1-12(9-10-15(3,16)17)7-8-14-6-4-5-13(2)11-14/h14H,1-2,4-11H2,3H3. The van der Waals surface area contributed by atoms with Gasteiger partial charge >= 0.3 is 0 Å². The van der Waals surface area contributed by atoms with Crippen LogP contribution in [0, 0.1) is 5.92 Å². The van der Waals surface area contributed by atoms with Crippen molar-refractivity contribution in [3.8, 4) is 0 Å². The predicted octanol–water partition coefficient (Wildman–Crippen LogP) is 5.50. The van der Waals surface area contributed by atoms with Gasteiger partial charge in [0.2, 0.25) is 5.92 Å². The maximum absolute atomic E-state index is 12.7. The van der Waals surface area contributed by atoms with E-state index in [1.807, 2.05) is 0 Å². The average molecular weight is 242 g/mol. The summed E-state index contributed by atoms with van der Waals surface area (Å²) in [5.74, 6) is -1.85. The Morgan fingerprint density at radius 1 is 1.41 bits per heavy atom. The molecule has 0 aliphatic heterocycles. The lowest BCUT2D eigenvalue weighted by Gasteiger charge is -2.23. The zero-order chi connectivity index (χ0) is 12.9. The molecule has 1 aliphatic carbocycles. The Morgan fingerprint density at radius 3 is 2.71 bits per heavy atom. The van der Waals surface area contributed by atoms with Gasteiger partial charge in [0.15, 0.2) is 0 Å². The van der Waals surface area contributed by atoms with E-state index in [9.17, 15) is 8.78 Å². The zero-order valence-electron chi connectivity index (χ0n) is 10.9. The van der Waals surface area contributed by atoms with Crippen molar-refractivity contribution in [2.24, 2.45) is 5.92 Å². The fourth-order valence-electron chi connectivity index (χ4n) is 2.43. The molecule has 1 unspecified atom stereocenters. The summed E-state index contributed by atoms with van der Waals surface area (Å²) in [6, 6.07) is 0. The summed E-state index contributed by atoms with van der Waals surface area (Å²) in [6.07, 6.45) is 7.16. The molecular weight excluding hydrogens is 218 g/mol. The third-order valence-electron chi connectivity index (χ3n) is 3.54. The van der Waals surface area contributed by atoms with Gasteiger partial charge in [0.25, 0.3) is 0 Å². The van der Waals surface area contributed by atoms with Crippen LogP contribution in [-0.4, -0.2) is 5.92 Å². The SMILES string of the molecule is C=C(CCC1CCCC(=C)C1)CCC(C)(F)F. The van der Waals surface area contributed by atoms with Crippen molar-refractivity contribution >= 4 is 0 Å². The first kappa shape index (κ1) is 14.4. The smallest absolute Gasteiger partial charge is 0.207 e. The average Bonchev–Trinajstić information content (AvgIpc) is 2.23. The third kappa shape index (κ3) is 6.60. The molecule has 0 spiro atoms. The number of alkyl halides is 2. The van der Waals surface area contributed by atoms with Gasteiger partial charge in [0.1, 0.15) is 0 Å². The van der Waals surface area contributed by atoms with E-state index in [1.54, 1.807) is 0 Å². The van der Waals surface area contributed by atoms with E-state index in [-0.39, 0.29) is 6.42 Å². The molecule has 1 atom stereocenters. The largest absolute Gasteiger partial charge is 0.245 e. The molecule has 98 valence electrons. The van der Waals surface area contributed by atoms with Crippen LogP contribution in [-0.2, 0) is 0 Å². The van der Waals surface area contributed by atoms with Crippen molar-refractivity contribution < 1.29 is 8.78 Å². The number of allylic oxidation sites excluding steroid dienone is 2. The van der Waals surface area contributed by atoms with Crippen LogP contribution >= 0.6 is 0 Å². The summed E-state index contributed by atoms with van der Waals surface area (Å²) in [5.41, 5.74) is 2.33. The van der Waals surface area contributed by atoms with E-state index in [0.29, 0.717) is 12.3 Å². The minimum Gasteiger partial charge on any atom is -0.207 e. The lowest BCUT2D eigenvalue weighted by Crippen LogP contribution is -2.10. The normalized spacial score (nSPS) is 21.6. The molecule has 0 N–H and O–H groups in total. The first-order valence-electron chi connectivity index (χ1n) is 6.58. The first-order chi connectivity index (χ1) is 7.87. The van der Waals surface area contributed by atoms with E-state index in [0.717, 1.165) is 31.8 Å². The van der Waals surface area contributed by atoms with Gasteiger partial charge in [-0.15, -0.1) is 0 Å². The van der Waals surface area contributed by atoms with Gasteiger partial charge in [-0.3, -0.25) is 0 Å². The van der Waals surface area contributed by atoms with Crippen molar-refractivity contribution in [3.05, 3.63) is 24.3 Å². The second-order valence-electron chi connectivity index (χ2n) is 5.57. The molecule has 1 saturated carbocycles. The van der Waals surface area contributed by atoms with Crippen LogP contribution < -0.4 is 0 Å². The molecule has 0 radical (unpaired) electrons. The highest BCUT2D eigenvalue weighted by molar-refractivity contribution is 5.01. The third-order valence-corrected chi connectivity index (χ3v) is 3.54. The molecule has 0 heterocycles. The van der Waals surface area contributed by atoms with Crippen LogP contribution in [0.1, 0.15) is 58.3 Å². The van der Waals surface area contributed by atoms with Crippen molar-refractivity contribution in [2.75, 3.05) is 0 Å². The molecule has 0 aromatic heterocycles. The van der Waals surface area contributed by atoms with Crippen LogP contribution in [0.3, 0.4) is 0 Å². The van der Waals surface area contributed by atoms with Crippen LogP contribution in [0.4, 0.5) is 8.78 Å². The van der Waals surface area contributed by atoms with Crippen molar-refractivity contribution in [3.63, 3.8) is 0 Å². The molecule has 2 heteroatoms. The number of hydrogen-bond acceptors (Lipinski definition) is 0. The van der Waals surface area contributed by atoms with Crippen molar-refractivity contribution in [1.82, 2.24) is 0 Å². The van der Waals surface area contributed by atoms with E-state index in [2.05, 4.69) is 13.2 Å². The van der Waals surface area contributed by atoms with Crippen molar-refractivity contribution in [1.29, 1.82) is 0 Å². The van der Waals surface area contributed by atoms with Crippen LogP contribution in [0.5, 0.6) is 0 Å². The Bertz CT molecular complexity index is 273. The zero-order valence-corrected chi connectivity index (χ0v) is 10.9. The summed E-state index contributed by atoms with van der Waals surface area (Å²) < 4.78 is 25.4. The van der Waals surface area contributed by atoms with Gasteiger partial charge in [-0.1, -0.05) is 24.3 Å². The minimum atomic E-state index is -2.55. The van der Waals surface area contributed by atoms with E-state index in [1.165, 1.54) is 24.8 Å². The maximum Gasteiger partial charge on any atom is 0.245 e. The lowest BCUT2D eigenvalue weighted by atomic mass is 9.82. The highest BCUT2D eigenvalue weighted by atomic mass is 19.3. The summed E-state index contributed by atoms with van der Waals surface area (Å²) in [5, 5.41) is 0. The molecular formula is C15H24F2. The molecule has 0 amide bonds. The van der Waals surface area contributed by atoms with Crippen LogP contribution in [0.25, 0.3) is 0 Å². The van der Waals surface area contributed by atoms with Gasteiger partial charge in [-0.2, -0.15) is 0 Å². The summed E-state index contributed by atoms with van der Waals surface area (Å²) >= 11 is 0. The van der Waals surface area contributed by atoms with E-state index in [4.69, 9.17) is 0 Å². The molecule has 0 saturated heterocycles. The topological polar surface area (TPSA) is 0 Å². The summed E-state index contributed by atoms with van der Waals surface area (Å²) in [7, 11) is 0. The molecule has 1 fully saturated rings. The van der Waals surface area contributed by atoms with Gasteiger partial charge in [0.05, 0.1) is 0 Å². The Morgan fingerprint density at radius 2 is 2.12 bits per heavy atom. The molecule has 1 rings (SSSR count). The van der Waals surface area contributed by atoms with Gasteiger partial charge in [0, 0.05) is 6.42 Å². The Labute approximate surface area is 104 Å². The molecule has 0 aromatic carbocycles. The monoisotopic (exact) mass is 242 g/mol. The minimum absolute atomic E-state index is 0.0663. The molecule has 0 aromatic rings. The number of halogens is 2. The van der Waals surface area contributed by atoms with E-state index >= 15 is 0 Å². The molecule has 17 heavy (non-hydrogen) atoms. The highest BCUT2D eigenvalue weighted by Crippen LogP contribution is 2.32.